The first-order valence-corrected chi connectivity index (χ1v) is 34.6. The van der Waals surface area contributed by atoms with Crippen molar-refractivity contribution in [1.29, 1.82) is 0 Å². The Morgan fingerprint density at radius 1 is 0.528 bits per heavy atom. The van der Waals surface area contributed by atoms with E-state index in [4.69, 9.17) is 15.5 Å². The minimum absolute atomic E-state index is 0. The van der Waals surface area contributed by atoms with E-state index in [1.54, 1.807) is 74.1 Å². The Balaban J connectivity index is 0.000000140. The van der Waals surface area contributed by atoms with Gasteiger partial charge in [-0.1, -0.05) is 18.2 Å². The number of pyridine rings is 3. The number of benzene rings is 3. The van der Waals surface area contributed by atoms with Crippen LogP contribution in [0.25, 0.3) is 85.1 Å². The molecule has 3 saturated carbocycles. The van der Waals surface area contributed by atoms with Crippen molar-refractivity contribution in [2.24, 2.45) is 0 Å². The molecule has 0 bridgehead atoms. The number of H-pyrrole nitrogens is 1. The number of imidazole rings is 3. The van der Waals surface area contributed by atoms with Crippen LogP contribution in [0.2, 0.25) is 0 Å². The molecular weight excluding hydrogens is 1510 g/mol. The number of aryl methyl sites for hydroxylation is 3. The molecule has 3 fully saturated rings. The normalized spacial score (nSPS) is 13.3. The molecule has 14 aromatic rings. The maximum atomic E-state index is 13.8. The molecule has 0 atom stereocenters. The number of nitrogen functional groups attached to an aromatic ring is 1. The van der Waals surface area contributed by atoms with Gasteiger partial charge in [-0.3, -0.25) is 14.4 Å². The number of anilines is 2. The number of nitrogens with one attached hydrogen (secondary N) is 2. The third-order valence-electron chi connectivity index (χ3n) is 18.8. The van der Waals surface area contributed by atoms with Gasteiger partial charge >= 0.3 is 11.7 Å². The van der Waals surface area contributed by atoms with Crippen molar-refractivity contribution in [3.05, 3.63) is 226 Å². The summed E-state index contributed by atoms with van der Waals surface area (Å²) in [7, 11) is 1.50. The second kappa shape index (κ2) is 29.6. The monoisotopic (exact) mass is 1590 g/mol. The number of fused-ring (bicyclic) bond motifs is 2. The van der Waals surface area contributed by atoms with Crippen molar-refractivity contribution in [3.63, 3.8) is 0 Å². The topological polar surface area (TPSA) is 338 Å². The molecule has 0 saturated heterocycles. The molecule has 29 nitrogen and oxygen atoms in total. The molecule has 0 aliphatic heterocycles. The Morgan fingerprint density at radius 3 is 1.42 bits per heavy atom. The van der Waals surface area contributed by atoms with Gasteiger partial charge in [-0.05, 0) is 190 Å². The predicted octanol–water partition coefficient (Wildman–Crippen LogP) is 11.9. The summed E-state index contributed by atoms with van der Waals surface area (Å²) in [6.07, 6.45) is 23.5. The van der Waals surface area contributed by atoms with E-state index < -0.39 is 11.2 Å². The molecular formula is C76H79N24O5W-. The van der Waals surface area contributed by atoms with Crippen LogP contribution in [-0.2, 0) is 21.1 Å². The van der Waals surface area contributed by atoms with Crippen LogP contribution in [0.15, 0.2) is 162 Å². The molecule has 0 spiro atoms. The fourth-order valence-electron chi connectivity index (χ4n) is 12.7. The Kier molecular flexibility index (Phi) is 20.2. The Morgan fingerprint density at radius 2 is 0.953 bits per heavy atom. The number of methoxy groups -OCH3 is 1. The Hall–Kier alpha value is -12.0. The van der Waals surface area contributed by atoms with Gasteiger partial charge in [0.2, 0.25) is 0 Å². The minimum Gasteiger partial charge on any atom is -0.468 e. The summed E-state index contributed by atoms with van der Waals surface area (Å²) >= 11 is 0. The maximum absolute atomic E-state index is 13.8. The molecule has 4 N–H and O–H groups in total. The van der Waals surface area contributed by atoms with Gasteiger partial charge in [-0.2, -0.15) is 4.98 Å². The summed E-state index contributed by atoms with van der Waals surface area (Å²) in [6.45, 7) is 18.1. The van der Waals surface area contributed by atoms with Crippen molar-refractivity contribution in [1.82, 2.24) is 107 Å². The standard InChI is InChI=1S/C26H26N8O2.C25H24N8O2.C24H26N8O.CH3.W/c1-15(2)33-14-28-31-24(33)19-6-5-7-23(29-19)34-25(35)18-11-22(16(3)10-20(18)30-26(34)36-4)32-12-21(27-13-32)17-8-9-17;1-14(2)32-13-27-30-23(32)18-5-4-6-22(28-18)33-24(34)17-10-21(15(3)9-19(17)29-25(33)35)31-11-20(26-12-31)16-7-8-16;1-14(2)32-13-27-30-23(32)19-5-4-6-22(28-19)29-24(33)17-10-21(15(3)9-18(17)25)31-11-20(26-12-31)16-7-8-16;;/h5-7,10-15,17H,8-9H2,1-4H3;4-6,9-14,16H,7-8H2,1-3H3,(H,29,35);4-6,9-14,16H,7-8,25H2,1-3H3,(H,28,29,33);1H3;/q;;;-1;. The minimum atomic E-state index is -0.553. The third kappa shape index (κ3) is 14.4. The zero-order valence-corrected chi connectivity index (χ0v) is 63.4. The second-order valence-electron chi connectivity index (χ2n) is 27.4. The first-order chi connectivity index (χ1) is 50.2. The summed E-state index contributed by atoms with van der Waals surface area (Å²) in [5.74, 6) is 4.17. The number of aromatic nitrogens is 22. The van der Waals surface area contributed by atoms with E-state index in [0.29, 0.717) is 97.0 Å². The van der Waals surface area contributed by atoms with Crippen LogP contribution in [0.4, 0.5) is 11.5 Å². The number of aromatic amines is 1. The molecule has 0 radical (unpaired) electrons. The molecule has 106 heavy (non-hydrogen) atoms. The van der Waals surface area contributed by atoms with Gasteiger partial charge in [-0.25, -0.2) is 43.8 Å². The average molecular weight is 1590 g/mol. The summed E-state index contributed by atoms with van der Waals surface area (Å²) in [6, 6.07) is 27.6. The van der Waals surface area contributed by atoms with Crippen molar-refractivity contribution in [2.45, 2.75) is 137 Å². The molecule has 11 heterocycles. The van der Waals surface area contributed by atoms with Crippen LogP contribution in [0.1, 0.15) is 160 Å². The molecule has 540 valence electrons. The summed E-state index contributed by atoms with van der Waals surface area (Å²) < 4.78 is 19.6. The molecule has 11 aromatic heterocycles. The summed E-state index contributed by atoms with van der Waals surface area (Å²) in [5.41, 5.74) is 17.3. The van der Waals surface area contributed by atoms with Gasteiger partial charge in [-0.15, -0.1) is 30.6 Å². The Labute approximate surface area is 623 Å². The number of hydrogen-bond acceptors (Lipinski definition) is 19. The molecule has 3 aliphatic rings. The smallest absolute Gasteiger partial charge is 0.334 e. The van der Waals surface area contributed by atoms with Gasteiger partial charge < -0.3 is 55.6 Å². The van der Waals surface area contributed by atoms with Crippen LogP contribution in [-0.4, -0.2) is 120 Å². The van der Waals surface area contributed by atoms with Crippen molar-refractivity contribution in [3.8, 4) is 69.3 Å². The number of carbonyl (C=O) groups is 1. The molecule has 1 amide bonds. The van der Waals surface area contributed by atoms with Crippen molar-refractivity contribution < 1.29 is 30.6 Å². The van der Waals surface area contributed by atoms with E-state index in [0.717, 1.165) is 55.4 Å². The molecule has 3 aromatic carbocycles. The van der Waals surface area contributed by atoms with E-state index >= 15 is 0 Å². The van der Waals surface area contributed by atoms with Crippen molar-refractivity contribution >= 4 is 39.2 Å². The molecule has 3 aliphatic carbocycles. The fourth-order valence-corrected chi connectivity index (χ4v) is 12.7. The predicted molar refractivity (Wildman–Crippen MR) is 399 cm³/mol. The van der Waals surface area contributed by atoms with Crippen LogP contribution in [0.5, 0.6) is 6.01 Å². The van der Waals surface area contributed by atoms with Gasteiger partial charge in [0.05, 0.1) is 87.6 Å². The number of carbonyl (C=O) groups excluding carboxylic acids is 1. The van der Waals surface area contributed by atoms with E-state index in [2.05, 4.69) is 77.0 Å². The Bertz CT molecular complexity index is 5810. The van der Waals surface area contributed by atoms with Gasteiger partial charge in [0.15, 0.2) is 17.5 Å². The zero-order valence-electron chi connectivity index (χ0n) is 60.5. The second-order valence-corrected chi connectivity index (χ2v) is 27.4. The van der Waals surface area contributed by atoms with Gasteiger partial charge in [0, 0.05) is 81.2 Å². The van der Waals surface area contributed by atoms with Crippen LogP contribution in [0, 0.1) is 28.2 Å². The number of ether oxygens (including phenoxy) is 1. The molecule has 17 rings (SSSR count). The van der Waals surface area contributed by atoms with Gasteiger partial charge in [0.1, 0.15) is 53.5 Å². The van der Waals surface area contributed by atoms with E-state index in [1.165, 1.54) is 50.2 Å². The number of hydrogen-bond donors (Lipinski definition) is 3. The molecule has 0 unspecified atom stereocenters. The third-order valence-corrected chi connectivity index (χ3v) is 18.8. The zero-order chi connectivity index (χ0) is 72.4. The average Bonchev–Trinajstić information content (AvgIpc) is 1.52. The molecule has 30 heteroatoms. The summed E-state index contributed by atoms with van der Waals surface area (Å²) in [5, 5.41) is 28.4. The maximum Gasteiger partial charge on any atom is 0.334 e. The number of amides is 1. The van der Waals surface area contributed by atoms with E-state index in [9.17, 15) is 19.2 Å². The largest absolute Gasteiger partial charge is 0.468 e. The summed E-state index contributed by atoms with van der Waals surface area (Å²) in [4.78, 5) is 88.6. The van der Waals surface area contributed by atoms with E-state index in [-0.39, 0.29) is 69.9 Å². The number of nitrogens with two attached hydrogens (primary N) is 1. The first kappa shape index (κ1) is 72.4. The number of nitrogens with zero attached hydrogens (tertiary/aromatic N) is 21. The SMILES string of the molecule is COc1nc2cc(C)c(-n3cnc(C4CC4)c3)cc2c(=O)n1-c1cccc(-c2nncn2C(C)C)n1.Cc1cc(N)c(C(=O)Nc2cccc(-c3nncn3C(C)C)n2)cc1-n1cnc(C2CC2)c1.Cc1cc2[nH]c(=O)n(-c3cccc(-c4nncn4C(C)C)n3)c(=O)c2cc1-n1cnc(C2CC2)c1.[CH3-].[W]. The van der Waals surface area contributed by atoms with E-state index in [1.807, 2.05) is 157 Å². The van der Waals surface area contributed by atoms with Crippen molar-refractivity contribution in [2.75, 3.05) is 18.2 Å². The first-order valence-electron chi connectivity index (χ1n) is 34.6. The van der Waals surface area contributed by atoms with Crippen LogP contribution in [0.3, 0.4) is 0 Å². The quantitative estimate of drug-likeness (QED) is 0.0563. The van der Waals surface area contributed by atoms with Crippen LogP contribution < -0.4 is 32.6 Å². The van der Waals surface area contributed by atoms with Gasteiger partial charge in [0.25, 0.3) is 17.0 Å². The van der Waals surface area contributed by atoms with Crippen LogP contribution >= 0.6 is 0 Å². The fraction of sp³-hybridized carbons (Fsp3) is 0.289. The number of rotatable bonds is 17.